The van der Waals surface area contributed by atoms with Gasteiger partial charge in [0, 0.05) is 12.1 Å². The molecule has 0 fully saturated rings. The zero-order valence-electron chi connectivity index (χ0n) is 11.8. The van der Waals surface area contributed by atoms with Gasteiger partial charge in [0.05, 0.1) is 4.90 Å². The van der Waals surface area contributed by atoms with Gasteiger partial charge in [-0.25, -0.2) is 13.1 Å². The van der Waals surface area contributed by atoms with Gasteiger partial charge in [0.1, 0.15) is 0 Å². The van der Waals surface area contributed by atoms with Gasteiger partial charge in [-0.1, -0.05) is 32.9 Å². The maximum absolute atomic E-state index is 12.0. The van der Waals surface area contributed by atoms with E-state index in [1.165, 1.54) is 31.2 Å². The third-order valence-corrected chi connectivity index (χ3v) is 4.74. The minimum Gasteiger partial charge on any atom is -0.295 e. The van der Waals surface area contributed by atoms with Crippen LogP contribution in [0.15, 0.2) is 29.2 Å². The molecule has 1 atom stereocenters. The van der Waals surface area contributed by atoms with Gasteiger partial charge in [0.2, 0.25) is 10.0 Å². The van der Waals surface area contributed by atoms with Crippen LogP contribution in [0.1, 0.15) is 38.1 Å². The first kappa shape index (κ1) is 15.9. The highest BCUT2D eigenvalue weighted by molar-refractivity contribution is 7.89. The predicted octanol–water partition coefficient (Wildman–Crippen LogP) is 2.46. The Morgan fingerprint density at radius 1 is 1.16 bits per heavy atom. The average molecular weight is 283 g/mol. The first-order valence-corrected chi connectivity index (χ1v) is 7.83. The first-order chi connectivity index (χ1) is 8.74. The monoisotopic (exact) mass is 283 g/mol. The summed E-state index contributed by atoms with van der Waals surface area (Å²) in [4.78, 5) is 11.3. The Kier molecular flexibility index (Phi) is 5.26. The highest BCUT2D eigenvalue weighted by Crippen LogP contribution is 2.13. The van der Waals surface area contributed by atoms with Crippen molar-refractivity contribution in [3.05, 3.63) is 29.8 Å². The molecule has 5 heteroatoms. The Morgan fingerprint density at radius 3 is 2.11 bits per heavy atom. The van der Waals surface area contributed by atoms with E-state index in [9.17, 15) is 13.2 Å². The summed E-state index contributed by atoms with van der Waals surface area (Å²) in [5.41, 5.74) is 0.509. The largest absolute Gasteiger partial charge is 0.295 e. The molecule has 0 aliphatic rings. The lowest BCUT2D eigenvalue weighted by Crippen LogP contribution is -2.30. The number of benzene rings is 1. The minimum absolute atomic E-state index is 0.0784. The van der Waals surface area contributed by atoms with E-state index in [0.29, 0.717) is 18.0 Å². The van der Waals surface area contributed by atoms with Gasteiger partial charge in [-0.05, 0) is 30.9 Å². The highest BCUT2D eigenvalue weighted by atomic mass is 32.2. The Morgan fingerprint density at radius 2 is 1.68 bits per heavy atom. The number of sulfonamides is 1. The second-order valence-corrected chi connectivity index (χ2v) is 6.92. The van der Waals surface area contributed by atoms with Crippen LogP contribution in [0.25, 0.3) is 0 Å². The molecule has 0 amide bonds. The number of carbonyl (C=O) groups excluding carboxylic acids is 1. The molecule has 1 N–H and O–H groups in total. The summed E-state index contributed by atoms with van der Waals surface area (Å²) in [6.07, 6.45) is 0. The van der Waals surface area contributed by atoms with Gasteiger partial charge in [0.25, 0.3) is 0 Å². The van der Waals surface area contributed by atoms with Crippen LogP contribution >= 0.6 is 0 Å². The molecule has 19 heavy (non-hydrogen) atoms. The van der Waals surface area contributed by atoms with Crippen LogP contribution in [0.2, 0.25) is 0 Å². The fourth-order valence-electron chi connectivity index (χ4n) is 1.43. The van der Waals surface area contributed by atoms with E-state index in [-0.39, 0.29) is 16.6 Å². The second kappa shape index (κ2) is 6.30. The summed E-state index contributed by atoms with van der Waals surface area (Å²) in [6, 6.07) is 5.98. The van der Waals surface area contributed by atoms with Crippen LogP contribution in [-0.4, -0.2) is 20.7 Å². The molecular weight excluding hydrogens is 262 g/mol. The van der Waals surface area contributed by atoms with Crippen LogP contribution in [0.3, 0.4) is 0 Å². The number of nitrogens with one attached hydrogen (secondary N) is 1. The summed E-state index contributed by atoms with van der Waals surface area (Å²) >= 11 is 0. The van der Waals surface area contributed by atoms with Crippen molar-refractivity contribution in [3.63, 3.8) is 0 Å². The summed E-state index contributed by atoms with van der Waals surface area (Å²) in [5, 5.41) is 0. The Balaban J connectivity index is 2.80. The van der Waals surface area contributed by atoms with Crippen LogP contribution < -0.4 is 4.72 Å². The summed E-state index contributed by atoms with van der Waals surface area (Å²) in [6.45, 7) is 7.98. The van der Waals surface area contributed by atoms with Crippen LogP contribution in [0.5, 0.6) is 0 Å². The maximum atomic E-state index is 12.0. The molecule has 0 saturated carbocycles. The van der Waals surface area contributed by atoms with Crippen molar-refractivity contribution in [2.24, 2.45) is 11.8 Å². The average Bonchev–Trinajstić information content (AvgIpc) is 2.36. The SMILES string of the molecule is CC(=O)c1ccc(S(=O)(=O)NCC(C)C(C)C)cc1. The molecule has 4 nitrogen and oxygen atoms in total. The number of hydrogen-bond acceptors (Lipinski definition) is 3. The van der Waals surface area contributed by atoms with E-state index in [4.69, 9.17) is 0 Å². The topological polar surface area (TPSA) is 63.2 Å². The molecule has 0 bridgehead atoms. The third kappa shape index (κ3) is 4.44. The molecule has 1 aromatic rings. The molecule has 0 aromatic heterocycles. The van der Waals surface area contributed by atoms with E-state index < -0.39 is 10.0 Å². The van der Waals surface area contributed by atoms with Crippen molar-refractivity contribution >= 4 is 15.8 Å². The highest BCUT2D eigenvalue weighted by Gasteiger charge is 2.16. The maximum Gasteiger partial charge on any atom is 0.240 e. The molecule has 1 unspecified atom stereocenters. The molecule has 0 saturated heterocycles. The van der Waals surface area contributed by atoms with Crippen molar-refractivity contribution in [1.29, 1.82) is 0 Å². The van der Waals surface area contributed by atoms with Crippen molar-refractivity contribution < 1.29 is 13.2 Å². The quantitative estimate of drug-likeness (QED) is 0.816. The van der Waals surface area contributed by atoms with Gasteiger partial charge in [-0.15, -0.1) is 0 Å². The van der Waals surface area contributed by atoms with Gasteiger partial charge >= 0.3 is 0 Å². The second-order valence-electron chi connectivity index (χ2n) is 5.15. The number of rotatable bonds is 6. The fourth-order valence-corrected chi connectivity index (χ4v) is 2.57. The lowest BCUT2D eigenvalue weighted by Gasteiger charge is -2.16. The van der Waals surface area contributed by atoms with Crippen molar-refractivity contribution in [1.82, 2.24) is 4.72 Å². The molecule has 1 rings (SSSR count). The molecule has 0 radical (unpaired) electrons. The minimum atomic E-state index is -3.49. The van der Waals surface area contributed by atoms with Crippen molar-refractivity contribution in [3.8, 4) is 0 Å². The summed E-state index contributed by atoms with van der Waals surface area (Å²) < 4.78 is 26.7. The zero-order valence-corrected chi connectivity index (χ0v) is 12.6. The normalized spacial score (nSPS) is 13.5. The van der Waals surface area contributed by atoms with Gasteiger partial charge < -0.3 is 0 Å². The molecular formula is C14H21NO3S. The Bertz CT molecular complexity index is 532. The number of hydrogen-bond donors (Lipinski definition) is 1. The van der Waals surface area contributed by atoms with E-state index >= 15 is 0 Å². The Labute approximate surface area is 115 Å². The molecule has 0 aliphatic heterocycles. The molecule has 0 spiro atoms. The lowest BCUT2D eigenvalue weighted by atomic mass is 9.99. The van der Waals surface area contributed by atoms with Gasteiger partial charge in [0.15, 0.2) is 5.78 Å². The fraction of sp³-hybridized carbons (Fsp3) is 0.500. The summed E-state index contributed by atoms with van der Waals surface area (Å²) in [5.74, 6) is 0.611. The lowest BCUT2D eigenvalue weighted by molar-refractivity contribution is 0.101. The molecule has 106 valence electrons. The van der Waals surface area contributed by atoms with Gasteiger partial charge in [-0.3, -0.25) is 4.79 Å². The molecule has 0 aliphatic carbocycles. The molecule has 1 aromatic carbocycles. The van der Waals surface area contributed by atoms with E-state index in [1.807, 2.05) is 6.92 Å². The summed E-state index contributed by atoms with van der Waals surface area (Å²) in [7, 11) is -3.49. The zero-order chi connectivity index (χ0) is 14.6. The molecule has 0 heterocycles. The number of carbonyl (C=O) groups is 1. The smallest absolute Gasteiger partial charge is 0.240 e. The van der Waals surface area contributed by atoms with Crippen LogP contribution in [0, 0.1) is 11.8 Å². The predicted molar refractivity (Wildman–Crippen MR) is 75.6 cm³/mol. The van der Waals surface area contributed by atoms with Crippen LogP contribution in [-0.2, 0) is 10.0 Å². The van der Waals surface area contributed by atoms with E-state index in [2.05, 4.69) is 18.6 Å². The number of Topliss-reactive ketones (excluding diaryl/α,β-unsaturated/α-hetero) is 1. The van der Waals surface area contributed by atoms with Crippen molar-refractivity contribution in [2.45, 2.75) is 32.6 Å². The standard InChI is InChI=1S/C14H21NO3S/c1-10(2)11(3)9-15-19(17,18)14-7-5-13(6-8-14)12(4)16/h5-8,10-11,15H,9H2,1-4H3. The third-order valence-electron chi connectivity index (χ3n) is 3.30. The number of ketones is 1. The first-order valence-electron chi connectivity index (χ1n) is 6.34. The van der Waals surface area contributed by atoms with Crippen molar-refractivity contribution in [2.75, 3.05) is 6.54 Å². The van der Waals surface area contributed by atoms with E-state index in [1.54, 1.807) is 0 Å². The van der Waals surface area contributed by atoms with E-state index in [0.717, 1.165) is 0 Å². The Hall–Kier alpha value is -1.20. The van der Waals surface area contributed by atoms with Crippen LogP contribution in [0.4, 0.5) is 0 Å². The van der Waals surface area contributed by atoms with Gasteiger partial charge in [-0.2, -0.15) is 0 Å².